The topological polar surface area (TPSA) is 54.5 Å². The van der Waals surface area contributed by atoms with Crippen molar-refractivity contribution in [2.45, 2.75) is 26.3 Å². The van der Waals surface area contributed by atoms with Crippen molar-refractivity contribution in [2.24, 2.45) is 0 Å². The van der Waals surface area contributed by atoms with Gasteiger partial charge in [-0.25, -0.2) is 4.98 Å². The molecular weight excluding hydrogens is 358 g/mol. The average Bonchev–Trinajstić information content (AvgIpc) is 3.25. The van der Waals surface area contributed by atoms with Crippen LogP contribution in [0.2, 0.25) is 0 Å². The van der Waals surface area contributed by atoms with Crippen molar-refractivity contribution in [1.29, 1.82) is 0 Å². The average molecular weight is 379 g/mol. The Morgan fingerprint density at radius 3 is 2.74 bits per heavy atom. The number of aromatic nitrogens is 1. The predicted octanol–water partition coefficient (Wildman–Crippen LogP) is 4.86. The molecule has 1 aliphatic rings. The molecule has 0 saturated carbocycles. The van der Waals surface area contributed by atoms with E-state index in [1.807, 2.05) is 41.3 Å². The van der Waals surface area contributed by atoms with E-state index in [0.29, 0.717) is 0 Å². The quantitative estimate of drug-likeness (QED) is 0.703. The third-order valence-corrected chi connectivity index (χ3v) is 5.53. The van der Waals surface area contributed by atoms with Crippen LogP contribution in [0.1, 0.15) is 19.4 Å². The van der Waals surface area contributed by atoms with E-state index in [1.54, 1.807) is 25.4 Å². The van der Waals surface area contributed by atoms with Crippen molar-refractivity contribution >= 4 is 33.8 Å². The predicted molar refractivity (Wildman–Crippen MR) is 110 cm³/mol. The molecule has 27 heavy (non-hydrogen) atoms. The van der Waals surface area contributed by atoms with Gasteiger partial charge in [0.2, 0.25) is 5.91 Å². The molecule has 0 unspecified atom stereocenters. The van der Waals surface area contributed by atoms with Gasteiger partial charge >= 0.3 is 0 Å². The molecule has 1 amide bonds. The van der Waals surface area contributed by atoms with Gasteiger partial charge in [0.25, 0.3) is 0 Å². The van der Waals surface area contributed by atoms with Gasteiger partial charge in [-0.3, -0.25) is 4.79 Å². The van der Waals surface area contributed by atoms with E-state index in [-0.39, 0.29) is 11.9 Å². The first-order valence-electron chi connectivity index (χ1n) is 8.85. The summed E-state index contributed by atoms with van der Waals surface area (Å²) in [6.07, 6.45) is 0.879. The van der Waals surface area contributed by atoms with Crippen LogP contribution in [0.15, 0.2) is 47.8 Å². The van der Waals surface area contributed by atoms with Gasteiger partial charge in [-0.15, -0.1) is 11.3 Å². The number of hydrogen-bond donors (Lipinski definition) is 1. The molecule has 0 fully saturated rings. The Morgan fingerprint density at radius 1 is 1.26 bits per heavy atom. The summed E-state index contributed by atoms with van der Waals surface area (Å²) in [5.41, 5.74) is 5.20. The Balaban J connectivity index is 1.55. The summed E-state index contributed by atoms with van der Waals surface area (Å²) in [4.78, 5) is 18.5. The maximum Gasteiger partial charge on any atom is 0.224 e. The summed E-state index contributed by atoms with van der Waals surface area (Å²) < 4.78 is 5.18. The Hall–Kier alpha value is -2.86. The summed E-state index contributed by atoms with van der Waals surface area (Å²) >= 11 is 1.57. The summed E-state index contributed by atoms with van der Waals surface area (Å²) in [7, 11) is 1.66. The van der Waals surface area contributed by atoms with Crippen molar-refractivity contribution in [3.05, 3.63) is 53.4 Å². The monoisotopic (exact) mass is 379 g/mol. The number of thiazole rings is 1. The lowest BCUT2D eigenvalue weighted by atomic mass is 10.1. The second-order valence-electron chi connectivity index (χ2n) is 6.68. The molecule has 138 valence electrons. The van der Waals surface area contributed by atoms with Crippen LogP contribution in [0.5, 0.6) is 5.75 Å². The molecule has 2 heterocycles. The smallest absolute Gasteiger partial charge is 0.224 e. The van der Waals surface area contributed by atoms with E-state index < -0.39 is 0 Å². The van der Waals surface area contributed by atoms with Gasteiger partial charge in [0.05, 0.1) is 12.8 Å². The molecule has 1 aliphatic heterocycles. The number of hydrogen-bond acceptors (Lipinski definition) is 5. The van der Waals surface area contributed by atoms with E-state index in [1.165, 1.54) is 5.56 Å². The number of nitrogens with one attached hydrogen (secondary N) is 1. The van der Waals surface area contributed by atoms with E-state index >= 15 is 0 Å². The minimum absolute atomic E-state index is 0.0913. The van der Waals surface area contributed by atoms with Crippen LogP contribution < -0.4 is 15.0 Å². The molecule has 0 bridgehead atoms. The van der Waals surface area contributed by atoms with E-state index in [0.717, 1.165) is 39.9 Å². The third-order valence-electron chi connectivity index (χ3n) is 4.78. The third kappa shape index (κ3) is 3.40. The molecular formula is C21H21N3O2S. The number of rotatable bonds is 4. The summed E-state index contributed by atoms with van der Waals surface area (Å²) in [6, 6.07) is 14.2. The number of fused-ring (bicyclic) bond motifs is 1. The highest BCUT2D eigenvalue weighted by Crippen LogP contribution is 2.36. The van der Waals surface area contributed by atoms with Crippen molar-refractivity contribution in [1.82, 2.24) is 4.98 Å². The van der Waals surface area contributed by atoms with Crippen LogP contribution in [0.3, 0.4) is 0 Å². The van der Waals surface area contributed by atoms with E-state index in [4.69, 9.17) is 9.72 Å². The van der Waals surface area contributed by atoms with Crippen LogP contribution in [-0.2, 0) is 11.2 Å². The minimum Gasteiger partial charge on any atom is -0.497 e. The highest BCUT2D eigenvalue weighted by atomic mass is 32.1. The molecule has 0 radical (unpaired) electrons. The Bertz CT molecular complexity index is 981. The lowest BCUT2D eigenvalue weighted by Gasteiger charge is -2.20. The number of amides is 1. The highest BCUT2D eigenvalue weighted by molar-refractivity contribution is 7.14. The molecule has 3 aromatic rings. The first-order chi connectivity index (χ1) is 13.0. The van der Waals surface area contributed by atoms with Gasteiger partial charge in [0.1, 0.15) is 5.75 Å². The molecule has 1 atom stereocenters. The van der Waals surface area contributed by atoms with Crippen molar-refractivity contribution < 1.29 is 9.53 Å². The van der Waals surface area contributed by atoms with Crippen LogP contribution in [0.25, 0.3) is 11.3 Å². The zero-order valence-corrected chi connectivity index (χ0v) is 16.3. The first-order valence-corrected chi connectivity index (χ1v) is 9.73. The molecule has 2 aromatic carbocycles. The Kier molecular flexibility index (Phi) is 4.58. The number of carbonyl (C=O) groups is 1. The second kappa shape index (κ2) is 7.04. The normalized spacial score (nSPS) is 15.5. The largest absolute Gasteiger partial charge is 0.497 e. The van der Waals surface area contributed by atoms with Gasteiger partial charge in [-0.05, 0) is 55.3 Å². The van der Waals surface area contributed by atoms with Crippen LogP contribution in [-0.4, -0.2) is 24.0 Å². The number of anilines is 3. The van der Waals surface area contributed by atoms with Gasteiger partial charge < -0.3 is 15.0 Å². The maximum atomic E-state index is 11.9. The van der Waals surface area contributed by atoms with Gasteiger partial charge in [0.15, 0.2) is 5.13 Å². The Morgan fingerprint density at radius 2 is 2.04 bits per heavy atom. The number of carbonyl (C=O) groups excluding carboxylic acids is 1. The lowest BCUT2D eigenvalue weighted by molar-refractivity contribution is -0.116. The van der Waals surface area contributed by atoms with Crippen molar-refractivity contribution in [2.75, 3.05) is 17.3 Å². The number of benzene rings is 2. The zero-order valence-electron chi connectivity index (χ0n) is 15.5. The van der Waals surface area contributed by atoms with Crippen LogP contribution in [0, 0.1) is 0 Å². The SMILES string of the molecule is COc1ccc(Nc2nc(-c3ccc4c(c3)C[C@H](C)N4C(C)=O)cs2)cc1. The molecule has 5 nitrogen and oxygen atoms in total. The number of nitrogens with zero attached hydrogens (tertiary/aromatic N) is 2. The first kappa shape index (κ1) is 17.5. The molecule has 1 aromatic heterocycles. The molecule has 0 spiro atoms. The zero-order chi connectivity index (χ0) is 19.0. The van der Waals surface area contributed by atoms with Gasteiger partial charge in [-0.1, -0.05) is 6.07 Å². The van der Waals surface area contributed by atoms with Gasteiger partial charge in [-0.2, -0.15) is 0 Å². The Labute approximate surface area is 162 Å². The molecule has 0 aliphatic carbocycles. The maximum absolute atomic E-state index is 11.9. The summed E-state index contributed by atoms with van der Waals surface area (Å²) in [5, 5.41) is 6.22. The van der Waals surface area contributed by atoms with Crippen molar-refractivity contribution in [3.8, 4) is 17.0 Å². The fourth-order valence-electron chi connectivity index (χ4n) is 3.53. The fourth-order valence-corrected chi connectivity index (χ4v) is 4.27. The highest BCUT2D eigenvalue weighted by Gasteiger charge is 2.29. The molecule has 6 heteroatoms. The minimum atomic E-state index is 0.0913. The number of ether oxygens (including phenoxy) is 1. The summed E-state index contributed by atoms with van der Waals surface area (Å²) in [6.45, 7) is 3.71. The standard InChI is InChI=1S/C21H21N3O2S/c1-13-10-16-11-15(4-9-20(16)24(13)14(2)25)19-12-27-21(23-19)22-17-5-7-18(26-3)8-6-17/h4-9,11-13H,10H2,1-3H3,(H,22,23)/t13-/m0/s1. The van der Waals surface area contributed by atoms with Crippen LogP contribution in [0.4, 0.5) is 16.5 Å². The molecule has 1 N–H and O–H groups in total. The second-order valence-corrected chi connectivity index (χ2v) is 7.54. The fraction of sp³-hybridized carbons (Fsp3) is 0.238. The molecule has 0 saturated heterocycles. The van der Waals surface area contributed by atoms with E-state index in [2.05, 4.69) is 23.7 Å². The summed E-state index contributed by atoms with van der Waals surface area (Å²) in [5.74, 6) is 0.918. The lowest BCUT2D eigenvalue weighted by Crippen LogP contribution is -2.33. The molecule has 4 rings (SSSR count). The van der Waals surface area contributed by atoms with Gasteiger partial charge in [0, 0.05) is 35.3 Å². The van der Waals surface area contributed by atoms with Crippen LogP contribution >= 0.6 is 11.3 Å². The number of methoxy groups -OCH3 is 1. The van der Waals surface area contributed by atoms with Crippen molar-refractivity contribution in [3.63, 3.8) is 0 Å². The van der Waals surface area contributed by atoms with E-state index in [9.17, 15) is 4.79 Å².